The molecule has 1 fully saturated rings. The summed E-state index contributed by atoms with van der Waals surface area (Å²) in [5.41, 5.74) is 0.647. The molecule has 2 rings (SSSR count). The Hall–Kier alpha value is -1.57. The van der Waals surface area contributed by atoms with Crippen LogP contribution in [0.25, 0.3) is 0 Å². The third kappa shape index (κ3) is 5.67. The van der Waals surface area contributed by atoms with Crippen molar-refractivity contribution in [2.45, 2.75) is 20.3 Å². The van der Waals surface area contributed by atoms with Crippen LogP contribution in [0.1, 0.15) is 25.8 Å². The van der Waals surface area contributed by atoms with Gasteiger partial charge in [-0.2, -0.15) is 5.26 Å². The first-order chi connectivity index (χ1) is 10.7. The number of benzene rings is 1. The lowest BCUT2D eigenvalue weighted by molar-refractivity contribution is 0.0595. The van der Waals surface area contributed by atoms with Gasteiger partial charge in [-0.3, -0.25) is 0 Å². The van der Waals surface area contributed by atoms with Gasteiger partial charge in [-0.1, -0.05) is 13.8 Å². The van der Waals surface area contributed by atoms with Crippen LogP contribution in [0.3, 0.4) is 0 Å². The Morgan fingerprint density at radius 2 is 1.77 bits per heavy atom. The molecule has 0 aliphatic carbocycles. The zero-order chi connectivity index (χ0) is 15.8. The van der Waals surface area contributed by atoms with E-state index in [1.165, 1.54) is 19.5 Å². The second kappa shape index (κ2) is 8.77. The number of ether oxygens (including phenoxy) is 2. The van der Waals surface area contributed by atoms with Crippen LogP contribution in [0.4, 0.5) is 0 Å². The molecule has 4 nitrogen and oxygen atoms in total. The molecule has 0 spiro atoms. The Labute approximate surface area is 133 Å². The smallest absolute Gasteiger partial charge is 0.119 e. The van der Waals surface area contributed by atoms with Crippen LogP contribution in [0.2, 0.25) is 0 Å². The van der Waals surface area contributed by atoms with Gasteiger partial charge in [0, 0.05) is 19.6 Å². The number of piperidine rings is 1. The summed E-state index contributed by atoms with van der Waals surface area (Å²) in [5.74, 6) is 2.37. The summed E-state index contributed by atoms with van der Waals surface area (Å²) in [6, 6.07) is 9.24. The molecular weight excluding hydrogens is 276 g/mol. The molecule has 1 aliphatic heterocycles. The Kier molecular flexibility index (Phi) is 6.70. The van der Waals surface area contributed by atoms with Crippen LogP contribution in [0.15, 0.2) is 24.3 Å². The standard InChI is InChI=1S/C18H26N2O2/c1-15-11-16(2)14-20(13-15)7-8-21-9-10-22-18-5-3-17(12-19)4-6-18/h3-6,15-16H,7-11,13-14H2,1-2H3/t15-,16+. The molecule has 0 radical (unpaired) electrons. The monoisotopic (exact) mass is 302 g/mol. The number of nitriles is 1. The van der Waals surface area contributed by atoms with E-state index >= 15 is 0 Å². The van der Waals surface area contributed by atoms with E-state index in [9.17, 15) is 0 Å². The van der Waals surface area contributed by atoms with Gasteiger partial charge in [0.15, 0.2) is 0 Å². The van der Waals surface area contributed by atoms with Crippen molar-refractivity contribution in [1.82, 2.24) is 4.90 Å². The molecule has 4 heteroatoms. The first-order valence-electron chi connectivity index (χ1n) is 8.10. The van der Waals surface area contributed by atoms with Crippen molar-refractivity contribution >= 4 is 0 Å². The highest BCUT2D eigenvalue weighted by atomic mass is 16.5. The highest BCUT2D eigenvalue weighted by Gasteiger charge is 2.20. The molecule has 0 aromatic heterocycles. The molecule has 0 bridgehead atoms. The lowest BCUT2D eigenvalue weighted by Crippen LogP contribution is -2.40. The minimum Gasteiger partial charge on any atom is -0.491 e. The summed E-state index contributed by atoms with van der Waals surface area (Å²) >= 11 is 0. The molecule has 1 aliphatic rings. The van der Waals surface area contributed by atoms with Crippen molar-refractivity contribution in [2.75, 3.05) is 39.5 Å². The van der Waals surface area contributed by atoms with Gasteiger partial charge in [-0.05, 0) is 42.5 Å². The van der Waals surface area contributed by atoms with Crippen molar-refractivity contribution in [3.05, 3.63) is 29.8 Å². The molecule has 0 unspecified atom stereocenters. The van der Waals surface area contributed by atoms with E-state index < -0.39 is 0 Å². The van der Waals surface area contributed by atoms with Gasteiger partial charge in [0.05, 0.1) is 24.8 Å². The molecule has 1 saturated heterocycles. The van der Waals surface area contributed by atoms with Crippen LogP contribution in [0.5, 0.6) is 5.75 Å². The maximum absolute atomic E-state index is 8.73. The Morgan fingerprint density at radius 3 is 2.41 bits per heavy atom. The minimum absolute atomic E-state index is 0.540. The zero-order valence-corrected chi connectivity index (χ0v) is 13.6. The van der Waals surface area contributed by atoms with E-state index in [-0.39, 0.29) is 0 Å². The van der Waals surface area contributed by atoms with Crippen LogP contribution in [-0.2, 0) is 4.74 Å². The molecule has 1 aromatic carbocycles. The summed E-state index contributed by atoms with van der Waals surface area (Å²) in [5, 5.41) is 8.73. The number of nitrogens with zero attached hydrogens (tertiary/aromatic N) is 2. The van der Waals surface area contributed by atoms with Gasteiger partial charge in [0.1, 0.15) is 12.4 Å². The highest BCUT2D eigenvalue weighted by Crippen LogP contribution is 2.20. The number of rotatable bonds is 7. The van der Waals surface area contributed by atoms with Gasteiger partial charge in [0.2, 0.25) is 0 Å². The SMILES string of the molecule is C[C@@H]1C[C@H](C)CN(CCOCCOc2ccc(C#N)cc2)C1. The Morgan fingerprint density at radius 1 is 1.09 bits per heavy atom. The topological polar surface area (TPSA) is 45.5 Å². The molecular formula is C18H26N2O2. The Bertz CT molecular complexity index is 471. The Balaban J connectivity index is 1.54. The first kappa shape index (κ1) is 16.8. The van der Waals surface area contributed by atoms with Crippen molar-refractivity contribution in [3.8, 4) is 11.8 Å². The average Bonchev–Trinajstić information content (AvgIpc) is 2.50. The predicted molar refractivity (Wildman–Crippen MR) is 86.9 cm³/mol. The van der Waals surface area contributed by atoms with Crippen molar-refractivity contribution in [2.24, 2.45) is 11.8 Å². The van der Waals surface area contributed by atoms with Gasteiger partial charge in [-0.25, -0.2) is 0 Å². The van der Waals surface area contributed by atoms with Crippen LogP contribution >= 0.6 is 0 Å². The molecule has 0 N–H and O–H groups in total. The van der Waals surface area contributed by atoms with Crippen LogP contribution in [0, 0.1) is 23.2 Å². The van der Waals surface area contributed by atoms with Crippen molar-refractivity contribution < 1.29 is 9.47 Å². The number of likely N-dealkylation sites (tertiary alicyclic amines) is 1. The normalized spacial score (nSPS) is 22.2. The summed E-state index contributed by atoms with van der Waals surface area (Å²) in [4.78, 5) is 2.50. The minimum atomic E-state index is 0.540. The second-order valence-electron chi connectivity index (χ2n) is 6.30. The van der Waals surface area contributed by atoms with Crippen LogP contribution < -0.4 is 4.74 Å². The quantitative estimate of drug-likeness (QED) is 0.727. The third-order valence-corrected chi connectivity index (χ3v) is 3.98. The fourth-order valence-electron chi connectivity index (χ4n) is 3.11. The molecule has 1 aromatic rings. The van der Waals surface area contributed by atoms with Gasteiger partial charge >= 0.3 is 0 Å². The van der Waals surface area contributed by atoms with E-state index in [0.29, 0.717) is 18.8 Å². The molecule has 0 saturated carbocycles. The van der Waals surface area contributed by atoms with Crippen molar-refractivity contribution in [3.63, 3.8) is 0 Å². The number of hydrogen-bond acceptors (Lipinski definition) is 4. The highest BCUT2D eigenvalue weighted by molar-refractivity contribution is 5.34. The van der Waals surface area contributed by atoms with Gasteiger partial charge in [0.25, 0.3) is 0 Å². The van der Waals surface area contributed by atoms with Gasteiger partial charge < -0.3 is 14.4 Å². The summed E-state index contributed by atoms with van der Waals surface area (Å²) in [7, 11) is 0. The second-order valence-corrected chi connectivity index (χ2v) is 6.30. The molecule has 2 atom stereocenters. The van der Waals surface area contributed by atoms with Crippen molar-refractivity contribution in [1.29, 1.82) is 5.26 Å². The molecule has 0 amide bonds. The molecule has 1 heterocycles. The molecule has 22 heavy (non-hydrogen) atoms. The average molecular weight is 302 g/mol. The van der Waals surface area contributed by atoms with E-state index in [1.807, 2.05) is 12.1 Å². The van der Waals surface area contributed by atoms with E-state index in [1.54, 1.807) is 12.1 Å². The third-order valence-electron chi connectivity index (χ3n) is 3.98. The number of hydrogen-bond donors (Lipinski definition) is 0. The summed E-state index contributed by atoms with van der Waals surface area (Å²) < 4.78 is 11.2. The predicted octanol–water partition coefficient (Wildman–Crippen LogP) is 2.93. The fourth-order valence-corrected chi connectivity index (χ4v) is 3.11. The zero-order valence-electron chi connectivity index (χ0n) is 13.6. The largest absolute Gasteiger partial charge is 0.491 e. The maximum Gasteiger partial charge on any atom is 0.119 e. The van der Waals surface area contributed by atoms with E-state index in [2.05, 4.69) is 24.8 Å². The summed E-state index contributed by atoms with van der Waals surface area (Å²) in [6.45, 7) is 9.94. The molecule has 120 valence electrons. The summed E-state index contributed by atoms with van der Waals surface area (Å²) in [6.07, 6.45) is 1.34. The van der Waals surface area contributed by atoms with Crippen LogP contribution in [-0.4, -0.2) is 44.4 Å². The van der Waals surface area contributed by atoms with E-state index in [0.717, 1.165) is 30.7 Å². The first-order valence-corrected chi connectivity index (χ1v) is 8.10. The lowest BCUT2D eigenvalue weighted by atomic mass is 9.92. The van der Waals surface area contributed by atoms with Gasteiger partial charge in [-0.15, -0.1) is 0 Å². The lowest BCUT2D eigenvalue weighted by Gasteiger charge is -2.34. The van der Waals surface area contributed by atoms with E-state index in [4.69, 9.17) is 14.7 Å². The fraction of sp³-hybridized carbons (Fsp3) is 0.611. The maximum atomic E-state index is 8.73.